The van der Waals surface area contributed by atoms with Crippen molar-refractivity contribution in [3.8, 4) is 0 Å². The van der Waals surface area contributed by atoms with Crippen LogP contribution in [0, 0.1) is 0 Å². The lowest BCUT2D eigenvalue weighted by Gasteiger charge is -2.42. The molecule has 0 unspecified atom stereocenters. The average molecular weight is 324 g/mol. The van der Waals surface area contributed by atoms with Crippen LogP contribution in [-0.2, 0) is 14.9 Å². The van der Waals surface area contributed by atoms with Gasteiger partial charge in [0.15, 0.2) is 0 Å². The second kappa shape index (κ2) is 6.29. The minimum Gasteiger partial charge on any atom is -0.468 e. The van der Waals surface area contributed by atoms with Gasteiger partial charge in [0.05, 0.1) is 7.11 Å². The lowest BCUT2D eigenvalue weighted by Crippen LogP contribution is -2.44. The van der Waals surface area contributed by atoms with Crippen molar-refractivity contribution in [2.45, 2.75) is 11.8 Å². The minimum absolute atomic E-state index is 0.197. The van der Waals surface area contributed by atoms with E-state index in [4.69, 9.17) is 4.74 Å². The van der Waals surface area contributed by atoms with Crippen LogP contribution in [-0.4, -0.2) is 45.7 Å². The Morgan fingerprint density at radius 2 is 1.54 bits per heavy atom. The summed E-state index contributed by atoms with van der Waals surface area (Å²) in [4.78, 5) is 17.3. The van der Waals surface area contributed by atoms with Gasteiger partial charge in [-0.3, -0.25) is 4.79 Å². The molecule has 0 spiro atoms. The molecule has 0 bridgehead atoms. The van der Waals surface area contributed by atoms with Gasteiger partial charge in [0.2, 0.25) is 0 Å². The third kappa shape index (κ3) is 2.38. The van der Waals surface area contributed by atoms with Crippen LogP contribution in [0.4, 0.5) is 11.4 Å². The summed E-state index contributed by atoms with van der Waals surface area (Å²) in [6.07, 6.45) is 0.675. The molecular weight excluding hydrogens is 300 g/mol. The van der Waals surface area contributed by atoms with Crippen molar-refractivity contribution in [3.05, 3.63) is 59.7 Å². The van der Waals surface area contributed by atoms with Crippen molar-refractivity contribution >= 4 is 17.3 Å². The molecule has 3 rings (SSSR count). The molecule has 1 aliphatic heterocycles. The molecule has 2 aromatic rings. The maximum absolute atomic E-state index is 13.1. The Bertz CT molecular complexity index is 707. The number of methoxy groups -OCH3 is 1. The molecule has 0 fully saturated rings. The summed E-state index contributed by atoms with van der Waals surface area (Å²) in [5.41, 5.74) is 3.36. The van der Waals surface area contributed by atoms with E-state index in [2.05, 4.69) is 21.9 Å². The number of ether oxygens (including phenoxy) is 1. The highest BCUT2D eigenvalue weighted by molar-refractivity contribution is 5.95. The van der Waals surface area contributed by atoms with Gasteiger partial charge in [-0.2, -0.15) is 0 Å². The molecule has 0 N–H and O–H groups in total. The molecule has 1 heterocycles. The molecule has 2 aromatic carbocycles. The van der Waals surface area contributed by atoms with Crippen LogP contribution in [0.15, 0.2) is 48.5 Å². The van der Waals surface area contributed by atoms with Crippen LogP contribution in [0.3, 0.4) is 0 Å². The Morgan fingerprint density at radius 1 is 1.04 bits per heavy atom. The Hall–Kier alpha value is -2.33. The van der Waals surface area contributed by atoms with Gasteiger partial charge in [-0.05, 0) is 50.3 Å². The van der Waals surface area contributed by atoms with E-state index in [1.807, 2.05) is 57.5 Å². The summed E-state index contributed by atoms with van der Waals surface area (Å²) >= 11 is 0. The lowest BCUT2D eigenvalue weighted by molar-refractivity contribution is -0.146. The average Bonchev–Trinajstić information content (AvgIpc) is 2.61. The zero-order valence-corrected chi connectivity index (χ0v) is 14.7. The summed E-state index contributed by atoms with van der Waals surface area (Å²) < 4.78 is 5.30. The fourth-order valence-electron chi connectivity index (χ4n) is 3.69. The molecular formula is C20H24N2O2. The maximum atomic E-state index is 13.1. The minimum atomic E-state index is -0.779. The highest BCUT2D eigenvalue weighted by Crippen LogP contribution is 2.50. The molecule has 0 amide bonds. The quantitative estimate of drug-likeness (QED) is 0.809. The number of hydrogen-bond acceptors (Lipinski definition) is 4. The Morgan fingerprint density at radius 3 is 2.00 bits per heavy atom. The molecule has 0 aromatic heterocycles. The van der Waals surface area contributed by atoms with Gasteiger partial charge < -0.3 is 14.5 Å². The van der Waals surface area contributed by atoms with Crippen molar-refractivity contribution in [1.29, 1.82) is 0 Å². The normalized spacial score (nSPS) is 15.0. The Balaban J connectivity index is 2.30. The van der Waals surface area contributed by atoms with Gasteiger partial charge in [0.1, 0.15) is 5.41 Å². The number of carbonyl (C=O) groups is 1. The monoisotopic (exact) mass is 324 g/mol. The molecule has 24 heavy (non-hydrogen) atoms. The first-order valence-electron chi connectivity index (χ1n) is 8.18. The molecule has 0 saturated carbocycles. The van der Waals surface area contributed by atoms with Crippen LogP contribution in [0.25, 0.3) is 0 Å². The van der Waals surface area contributed by atoms with Gasteiger partial charge in [0, 0.05) is 18.4 Å². The van der Waals surface area contributed by atoms with Crippen molar-refractivity contribution in [2.24, 2.45) is 0 Å². The molecule has 0 atom stereocenters. The van der Waals surface area contributed by atoms with Crippen LogP contribution >= 0.6 is 0 Å². The fourth-order valence-corrected chi connectivity index (χ4v) is 3.69. The number of rotatable bonds is 4. The first-order chi connectivity index (χ1) is 11.5. The van der Waals surface area contributed by atoms with Gasteiger partial charge in [0.25, 0.3) is 0 Å². The van der Waals surface area contributed by atoms with Crippen molar-refractivity contribution < 1.29 is 9.53 Å². The number of fused-ring (bicyclic) bond motifs is 2. The van der Waals surface area contributed by atoms with E-state index >= 15 is 0 Å². The summed E-state index contributed by atoms with van der Waals surface area (Å²) in [5, 5.41) is 0. The summed E-state index contributed by atoms with van der Waals surface area (Å²) in [6.45, 7) is 0.793. The smallest absolute Gasteiger partial charge is 0.321 e. The zero-order chi connectivity index (χ0) is 17.3. The number of anilines is 2. The standard InChI is InChI=1S/C20H24N2O2/c1-21(2)14-13-20(19(23)24-4)15-9-5-7-11-17(15)22(3)18-12-8-6-10-16(18)20/h5-12H,13-14H2,1-4H3. The molecule has 0 radical (unpaired) electrons. The first-order valence-corrected chi connectivity index (χ1v) is 8.18. The molecule has 4 nitrogen and oxygen atoms in total. The van der Waals surface area contributed by atoms with E-state index in [0.717, 1.165) is 29.0 Å². The van der Waals surface area contributed by atoms with Gasteiger partial charge in [-0.25, -0.2) is 0 Å². The zero-order valence-electron chi connectivity index (χ0n) is 14.7. The maximum Gasteiger partial charge on any atom is 0.321 e. The molecule has 1 aliphatic rings. The number of para-hydroxylation sites is 2. The Kier molecular flexibility index (Phi) is 4.33. The molecule has 0 saturated heterocycles. The number of benzene rings is 2. The topological polar surface area (TPSA) is 32.8 Å². The SMILES string of the molecule is COC(=O)C1(CCN(C)C)c2ccccc2N(C)c2ccccc21. The van der Waals surface area contributed by atoms with Crippen LogP contribution < -0.4 is 4.90 Å². The molecule has 4 heteroatoms. The van der Waals surface area contributed by atoms with E-state index in [1.165, 1.54) is 7.11 Å². The van der Waals surface area contributed by atoms with Gasteiger partial charge >= 0.3 is 5.97 Å². The third-order valence-corrected chi connectivity index (χ3v) is 4.92. The Labute approximate surface area is 143 Å². The van der Waals surface area contributed by atoms with E-state index in [9.17, 15) is 4.79 Å². The fraction of sp³-hybridized carbons (Fsp3) is 0.350. The van der Waals surface area contributed by atoms with E-state index in [0.29, 0.717) is 6.42 Å². The summed E-state index contributed by atoms with van der Waals surface area (Å²) in [7, 11) is 7.57. The number of carbonyl (C=O) groups excluding carboxylic acids is 1. The second-order valence-corrected chi connectivity index (χ2v) is 6.54. The predicted molar refractivity (Wildman–Crippen MR) is 96.9 cm³/mol. The third-order valence-electron chi connectivity index (χ3n) is 4.92. The molecule has 126 valence electrons. The molecule has 0 aliphatic carbocycles. The van der Waals surface area contributed by atoms with Crippen molar-refractivity contribution in [1.82, 2.24) is 4.90 Å². The number of nitrogens with zero attached hydrogens (tertiary/aromatic N) is 2. The summed E-state index contributed by atoms with van der Waals surface area (Å²) in [6, 6.07) is 16.2. The largest absolute Gasteiger partial charge is 0.468 e. The number of esters is 1. The van der Waals surface area contributed by atoms with Crippen LogP contribution in [0.2, 0.25) is 0 Å². The van der Waals surface area contributed by atoms with Crippen molar-refractivity contribution in [2.75, 3.05) is 39.7 Å². The highest BCUT2D eigenvalue weighted by Gasteiger charge is 2.49. The van der Waals surface area contributed by atoms with E-state index in [-0.39, 0.29) is 5.97 Å². The number of hydrogen-bond donors (Lipinski definition) is 0. The predicted octanol–water partition coefficient (Wildman–Crippen LogP) is 3.18. The van der Waals surface area contributed by atoms with E-state index in [1.54, 1.807) is 0 Å². The van der Waals surface area contributed by atoms with Crippen molar-refractivity contribution in [3.63, 3.8) is 0 Å². The van der Waals surface area contributed by atoms with Gasteiger partial charge in [-0.15, -0.1) is 0 Å². The lowest BCUT2D eigenvalue weighted by atomic mass is 9.68. The van der Waals surface area contributed by atoms with Crippen LogP contribution in [0.1, 0.15) is 17.5 Å². The van der Waals surface area contributed by atoms with E-state index < -0.39 is 5.41 Å². The van der Waals surface area contributed by atoms with Crippen LogP contribution in [0.5, 0.6) is 0 Å². The summed E-state index contributed by atoms with van der Waals surface area (Å²) in [5.74, 6) is -0.197. The second-order valence-electron chi connectivity index (χ2n) is 6.54. The van der Waals surface area contributed by atoms with Gasteiger partial charge in [-0.1, -0.05) is 36.4 Å². The first kappa shape index (κ1) is 16.5. The highest BCUT2D eigenvalue weighted by atomic mass is 16.5.